The van der Waals surface area contributed by atoms with E-state index in [1.165, 1.54) is 11.8 Å². The summed E-state index contributed by atoms with van der Waals surface area (Å²) in [6.45, 7) is 0.795. The number of carbonyl (C=O) groups is 1. The Labute approximate surface area is 130 Å². The second-order valence-electron chi connectivity index (χ2n) is 3.94. The normalized spacial score (nSPS) is 10.3. The third kappa shape index (κ3) is 5.52. The van der Waals surface area contributed by atoms with Crippen LogP contribution in [0.15, 0.2) is 29.4 Å². The molecule has 112 valence electrons. The Bertz CT molecular complexity index is 590. The van der Waals surface area contributed by atoms with Crippen LogP contribution in [0.3, 0.4) is 0 Å². The smallest absolute Gasteiger partial charge is 0.230 e. The lowest BCUT2D eigenvalue weighted by molar-refractivity contribution is -0.118. The standard InChI is InChI=1S/C12H14ClN5O2S/c13-8-1-3-9(4-2-8)20-6-5-15-10(19)7-21-12-16-11(14)17-18-12/h1-4H,5-7H2,(H,15,19)(H3,14,16,17,18). The maximum atomic E-state index is 11.6. The molecule has 0 spiro atoms. The van der Waals surface area contributed by atoms with E-state index in [-0.39, 0.29) is 17.6 Å². The van der Waals surface area contributed by atoms with Crippen molar-refractivity contribution in [1.82, 2.24) is 20.5 Å². The van der Waals surface area contributed by atoms with Crippen LogP contribution in [0.4, 0.5) is 5.95 Å². The van der Waals surface area contributed by atoms with Crippen molar-refractivity contribution in [3.63, 3.8) is 0 Å². The van der Waals surface area contributed by atoms with Crippen LogP contribution in [0.1, 0.15) is 0 Å². The summed E-state index contributed by atoms with van der Waals surface area (Å²) in [5.74, 6) is 1.04. The molecule has 0 aliphatic heterocycles. The van der Waals surface area contributed by atoms with E-state index in [0.717, 1.165) is 0 Å². The van der Waals surface area contributed by atoms with Crippen LogP contribution in [0.5, 0.6) is 5.75 Å². The molecule has 0 fully saturated rings. The first-order valence-corrected chi connectivity index (χ1v) is 7.45. The maximum absolute atomic E-state index is 11.6. The molecular formula is C12H14ClN5O2S. The Morgan fingerprint density at radius 2 is 2.19 bits per heavy atom. The van der Waals surface area contributed by atoms with Gasteiger partial charge in [-0.15, -0.1) is 5.10 Å². The van der Waals surface area contributed by atoms with Crippen LogP contribution in [0.25, 0.3) is 0 Å². The molecule has 0 bridgehead atoms. The number of hydrogen-bond donors (Lipinski definition) is 3. The number of nitrogen functional groups attached to an aromatic ring is 1. The summed E-state index contributed by atoms with van der Waals surface area (Å²) in [5.41, 5.74) is 5.38. The van der Waals surface area contributed by atoms with Crippen molar-refractivity contribution in [1.29, 1.82) is 0 Å². The number of aromatic amines is 1. The van der Waals surface area contributed by atoms with Gasteiger partial charge in [-0.1, -0.05) is 23.4 Å². The molecule has 21 heavy (non-hydrogen) atoms. The number of anilines is 1. The van der Waals surface area contributed by atoms with E-state index >= 15 is 0 Å². The van der Waals surface area contributed by atoms with Gasteiger partial charge in [-0.2, -0.15) is 4.98 Å². The van der Waals surface area contributed by atoms with Gasteiger partial charge in [0, 0.05) is 5.02 Å². The number of aromatic nitrogens is 3. The van der Waals surface area contributed by atoms with Gasteiger partial charge >= 0.3 is 0 Å². The topological polar surface area (TPSA) is 106 Å². The number of thioether (sulfide) groups is 1. The zero-order valence-corrected chi connectivity index (χ0v) is 12.6. The second kappa shape index (κ2) is 7.75. The third-order valence-electron chi connectivity index (χ3n) is 2.32. The van der Waals surface area contributed by atoms with Gasteiger partial charge in [0.2, 0.25) is 17.0 Å². The van der Waals surface area contributed by atoms with E-state index < -0.39 is 0 Å². The molecule has 0 radical (unpaired) electrons. The van der Waals surface area contributed by atoms with Gasteiger partial charge < -0.3 is 15.8 Å². The molecule has 0 aliphatic carbocycles. The first kappa shape index (κ1) is 15.5. The zero-order valence-electron chi connectivity index (χ0n) is 11.0. The van der Waals surface area contributed by atoms with Crippen LogP contribution < -0.4 is 15.8 Å². The summed E-state index contributed by atoms with van der Waals surface area (Å²) in [4.78, 5) is 15.5. The number of H-pyrrole nitrogens is 1. The molecule has 0 saturated heterocycles. The van der Waals surface area contributed by atoms with E-state index in [0.29, 0.717) is 29.1 Å². The van der Waals surface area contributed by atoms with E-state index in [1.54, 1.807) is 24.3 Å². The molecule has 2 aromatic rings. The number of carbonyl (C=O) groups excluding carboxylic acids is 1. The Morgan fingerprint density at radius 3 is 2.86 bits per heavy atom. The summed E-state index contributed by atoms with van der Waals surface area (Å²) < 4.78 is 5.45. The van der Waals surface area contributed by atoms with Crippen LogP contribution in [0, 0.1) is 0 Å². The monoisotopic (exact) mass is 327 g/mol. The number of benzene rings is 1. The van der Waals surface area contributed by atoms with Crippen LogP contribution in [-0.4, -0.2) is 40.0 Å². The molecular weight excluding hydrogens is 314 g/mol. The lowest BCUT2D eigenvalue weighted by Crippen LogP contribution is -2.29. The Kier molecular flexibility index (Phi) is 5.70. The predicted molar refractivity (Wildman–Crippen MR) is 81.5 cm³/mol. The molecule has 1 heterocycles. The first-order chi connectivity index (χ1) is 10.1. The number of halogens is 1. The minimum atomic E-state index is -0.122. The van der Waals surface area contributed by atoms with Crippen molar-refractivity contribution in [2.24, 2.45) is 0 Å². The predicted octanol–water partition coefficient (Wildman–Crippen LogP) is 1.33. The summed E-state index contributed by atoms with van der Waals surface area (Å²) >= 11 is 6.97. The van der Waals surface area contributed by atoms with Crippen molar-refractivity contribution in [3.05, 3.63) is 29.3 Å². The van der Waals surface area contributed by atoms with Crippen molar-refractivity contribution in [2.75, 3.05) is 24.6 Å². The highest BCUT2D eigenvalue weighted by molar-refractivity contribution is 7.99. The quantitative estimate of drug-likeness (QED) is 0.523. The minimum Gasteiger partial charge on any atom is -0.492 e. The molecule has 1 amide bonds. The molecule has 0 saturated carbocycles. The van der Waals surface area contributed by atoms with Crippen LogP contribution in [-0.2, 0) is 4.79 Å². The fraction of sp³-hybridized carbons (Fsp3) is 0.250. The summed E-state index contributed by atoms with van der Waals surface area (Å²) in [6.07, 6.45) is 0. The van der Waals surface area contributed by atoms with Gasteiger partial charge in [-0.3, -0.25) is 4.79 Å². The average Bonchev–Trinajstić information content (AvgIpc) is 2.89. The van der Waals surface area contributed by atoms with E-state index in [9.17, 15) is 4.79 Å². The number of rotatable bonds is 7. The van der Waals surface area contributed by atoms with Crippen molar-refractivity contribution >= 4 is 35.2 Å². The Balaban J connectivity index is 1.59. The van der Waals surface area contributed by atoms with E-state index in [4.69, 9.17) is 22.1 Å². The number of nitrogens with two attached hydrogens (primary N) is 1. The number of ether oxygens (including phenoxy) is 1. The molecule has 0 unspecified atom stereocenters. The third-order valence-corrected chi connectivity index (χ3v) is 3.42. The number of hydrogen-bond acceptors (Lipinski definition) is 6. The number of nitrogens with zero attached hydrogens (tertiary/aromatic N) is 2. The Hall–Kier alpha value is -1.93. The van der Waals surface area contributed by atoms with Gasteiger partial charge in [0.05, 0.1) is 12.3 Å². The lowest BCUT2D eigenvalue weighted by atomic mass is 10.3. The molecule has 0 aliphatic rings. The van der Waals surface area contributed by atoms with Crippen molar-refractivity contribution < 1.29 is 9.53 Å². The zero-order chi connectivity index (χ0) is 15.1. The molecule has 1 aromatic carbocycles. The maximum Gasteiger partial charge on any atom is 0.230 e. The van der Waals surface area contributed by atoms with Gasteiger partial charge in [0.15, 0.2) is 0 Å². The molecule has 0 atom stereocenters. The molecule has 1 aromatic heterocycles. The van der Waals surface area contributed by atoms with E-state index in [2.05, 4.69) is 20.5 Å². The van der Waals surface area contributed by atoms with Crippen molar-refractivity contribution in [2.45, 2.75) is 5.16 Å². The molecule has 7 nitrogen and oxygen atoms in total. The molecule has 2 rings (SSSR count). The SMILES string of the molecule is Nc1nc(SCC(=O)NCCOc2ccc(Cl)cc2)n[nH]1. The Morgan fingerprint density at radius 1 is 1.43 bits per heavy atom. The fourth-order valence-corrected chi connectivity index (χ4v) is 2.16. The highest BCUT2D eigenvalue weighted by Crippen LogP contribution is 2.15. The first-order valence-electron chi connectivity index (χ1n) is 6.09. The number of nitrogens with one attached hydrogen (secondary N) is 2. The largest absolute Gasteiger partial charge is 0.492 e. The average molecular weight is 328 g/mol. The second-order valence-corrected chi connectivity index (χ2v) is 5.32. The highest BCUT2D eigenvalue weighted by atomic mass is 35.5. The van der Waals surface area contributed by atoms with Gasteiger partial charge in [-0.05, 0) is 24.3 Å². The van der Waals surface area contributed by atoms with Crippen LogP contribution >= 0.6 is 23.4 Å². The van der Waals surface area contributed by atoms with Gasteiger partial charge in [0.25, 0.3) is 0 Å². The van der Waals surface area contributed by atoms with Gasteiger partial charge in [-0.25, -0.2) is 5.10 Å². The summed E-state index contributed by atoms with van der Waals surface area (Å²) in [6, 6.07) is 7.03. The van der Waals surface area contributed by atoms with Gasteiger partial charge in [0.1, 0.15) is 12.4 Å². The molecule has 4 N–H and O–H groups in total. The van der Waals surface area contributed by atoms with E-state index in [1.807, 2.05) is 0 Å². The fourth-order valence-electron chi connectivity index (χ4n) is 1.39. The van der Waals surface area contributed by atoms with Crippen LogP contribution in [0.2, 0.25) is 5.02 Å². The van der Waals surface area contributed by atoms with Crippen molar-refractivity contribution in [3.8, 4) is 5.75 Å². The number of amides is 1. The lowest BCUT2D eigenvalue weighted by Gasteiger charge is -2.07. The summed E-state index contributed by atoms with van der Waals surface area (Å²) in [5, 5.41) is 10.1. The summed E-state index contributed by atoms with van der Waals surface area (Å²) in [7, 11) is 0. The molecule has 9 heteroatoms. The highest BCUT2D eigenvalue weighted by Gasteiger charge is 2.06. The minimum absolute atomic E-state index is 0.122.